The van der Waals surface area contributed by atoms with Crippen molar-refractivity contribution in [1.82, 2.24) is 24.5 Å². The molecule has 0 aliphatic heterocycles. The zero-order chi connectivity index (χ0) is 15.9. The third-order valence-corrected chi connectivity index (χ3v) is 3.65. The Kier molecular flexibility index (Phi) is 3.40. The zero-order valence-electron chi connectivity index (χ0n) is 12.7. The maximum Gasteiger partial charge on any atom is 0.325 e. The maximum atomic E-state index is 11.0. The van der Waals surface area contributed by atoms with Crippen LogP contribution in [0.15, 0.2) is 18.5 Å². The number of hydrogen-bond donors (Lipinski definition) is 1. The Morgan fingerprint density at radius 1 is 1.23 bits per heavy atom. The fourth-order valence-corrected chi connectivity index (χ4v) is 2.69. The number of nitrogens with zero attached hydrogens (tertiary/aromatic N) is 5. The molecular formula is C15H17N5O2. The minimum absolute atomic E-state index is 0.200. The second-order valence-electron chi connectivity index (χ2n) is 5.18. The number of carboxylic acids is 1. The zero-order valence-corrected chi connectivity index (χ0v) is 12.7. The van der Waals surface area contributed by atoms with Gasteiger partial charge in [0.2, 0.25) is 0 Å². The van der Waals surface area contributed by atoms with E-state index in [0.29, 0.717) is 5.65 Å². The van der Waals surface area contributed by atoms with Gasteiger partial charge in [-0.2, -0.15) is 10.2 Å². The van der Waals surface area contributed by atoms with Crippen LogP contribution in [0.3, 0.4) is 0 Å². The van der Waals surface area contributed by atoms with Crippen molar-refractivity contribution in [2.75, 3.05) is 0 Å². The Morgan fingerprint density at radius 2 is 2.00 bits per heavy atom. The van der Waals surface area contributed by atoms with Gasteiger partial charge in [0, 0.05) is 29.9 Å². The molecule has 3 heterocycles. The van der Waals surface area contributed by atoms with Crippen molar-refractivity contribution in [3.05, 3.63) is 29.8 Å². The fourth-order valence-electron chi connectivity index (χ4n) is 2.69. The molecule has 0 radical (unpaired) electrons. The first kappa shape index (κ1) is 14.2. The molecule has 3 aromatic heterocycles. The van der Waals surface area contributed by atoms with Crippen LogP contribution in [0.1, 0.15) is 18.3 Å². The smallest absolute Gasteiger partial charge is 0.325 e. The number of hydrogen-bond acceptors (Lipinski definition) is 4. The average molecular weight is 299 g/mol. The monoisotopic (exact) mass is 299 g/mol. The molecule has 0 aromatic carbocycles. The first-order valence-corrected chi connectivity index (χ1v) is 7.09. The third kappa shape index (κ3) is 2.24. The third-order valence-electron chi connectivity index (χ3n) is 3.65. The lowest BCUT2D eigenvalue weighted by Gasteiger charge is -2.03. The van der Waals surface area contributed by atoms with Crippen molar-refractivity contribution in [1.29, 1.82) is 0 Å². The standard InChI is InChI=1S/C15H17N5O2/c1-4-19-7-12(9(2)17-19)11-5-6-16-15-14(11)10(3)18-20(15)8-13(21)22/h5-7H,4,8H2,1-3H3,(H,21,22). The molecule has 0 spiro atoms. The molecule has 114 valence electrons. The molecule has 7 heteroatoms. The molecule has 3 rings (SSSR count). The molecule has 0 saturated carbocycles. The van der Waals surface area contributed by atoms with Crippen molar-refractivity contribution in [3.8, 4) is 11.1 Å². The lowest BCUT2D eigenvalue weighted by Crippen LogP contribution is -2.10. The van der Waals surface area contributed by atoms with Gasteiger partial charge in [0.25, 0.3) is 0 Å². The molecule has 0 aliphatic carbocycles. The van der Waals surface area contributed by atoms with Gasteiger partial charge in [-0.25, -0.2) is 9.67 Å². The molecule has 3 aromatic rings. The van der Waals surface area contributed by atoms with Gasteiger partial charge in [0.05, 0.1) is 11.4 Å². The molecule has 7 nitrogen and oxygen atoms in total. The first-order chi connectivity index (χ1) is 10.5. The molecule has 0 fully saturated rings. The summed E-state index contributed by atoms with van der Waals surface area (Å²) in [5.41, 5.74) is 4.28. The number of aliphatic carboxylic acids is 1. The van der Waals surface area contributed by atoms with Gasteiger partial charge in [0.15, 0.2) is 5.65 Å². The first-order valence-electron chi connectivity index (χ1n) is 7.09. The largest absolute Gasteiger partial charge is 0.480 e. The Balaban J connectivity index is 2.24. The van der Waals surface area contributed by atoms with Gasteiger partial charge in [0.1, 0.15) is 6.54 Å². The lowest BCUT2D eigenvalue weighted by molar-refractivity contribution is -0.137. The van der Waals surface area contributed by atoms with Crippen LogP contribution in [0, 0.1) is 13.8 Å². The number of rotatable bonds is 4. The second-order valence-corrected chi connectivity index (χ2v) is 5.18. The number of pyridine rings is 1. The van der Waals surface area contributed by atoms with Gasteiger partial charge in [-0.15, -0.1) is 0 Å². The fraction of sp³-hybridized carbons (Fsp3) is 0.333. The number of fused-ring (bicyclic) bond motifs is 1. The van der Waals surface area contributed by atoms with Gasteiger partial charge < -0.3 is 5.11 Å². The molecular weight excluding hydrogens is 282 g/mol. The number of carboxylic acid groups (broad SMARTS) is 1. The van der Waals surface area contributed by atoms with E-state index in [1.165, 1.54) is 4.68 Å². The lowest BCUT2D eigenvalue weighted by atomic mass is 10.0. The topological polar surface area (TPSA) is 85.8 Å². The summed E-state index contributed by atoms with van der Waals surface area (Å²) >= 11 is 0. The summed E-state index contributed by atoms with van der Waals surface area (Å²) in [5.74, 6) is -0.938. The summed E-state index contributed by atoms with van der Waals surface area (Å²) in [6.45, 7) is 6.46. The van der Waals surface area contributed by atoms with E-state index < -0.39 is 5.97 Å². The van der Waals surface area contributed by atoms with Crippen molar-refractivity contribution >= 4 is 17.0 Å². The molecule has 1 N–H and O–H groups in total. The highest BCUT2D eigenvalue weighted by Crippen LogP contribution is 2.31. The Hall–Kier alpha value is -2.70. The van der Waals surface area contributed by atoms with Crippen LogP contribution in [0.2, 0.25) is 0 Å². The summed E-state index contributed by atoms with van der Waals surface area (Å²) in [6.07, 6.45) is 3.68. The highest BCUT2D eigenvalue weighted by atomic mass is 16.4. The summed E-state index contributed by atoms with van der Waals surface area (Å²) in [5, 5.41) is 18.7. The SMILES string of the molecule is CCn1cc(-c2ccnc3c2c(C)nn3CC(=O)O)c(C)n1. The van der Waals surface area contributed by atoms with Crippen LogP contribution in [0.4, 0.5) is 0 Å². The molecule has 0 aliphatic rings. The van der Waals surface area contributed by atoms with Gasteiger partial charge in [-0.1, -0.05) is 0 Å². The van der Waals surface area contributed by atoms with Crippen molar-refractivity contribution in [3.63, 3.8) is 0 Å². The van der Waals surface area contributed by atoms with Crippen LogP contribution in [-0.4, -0.2) is 35.6 Å². The molecule has 0 unspecified atom stereocenters. The highest BCUT2D eigenvalue weighted by Gasteiger charge is 2.17. The minimum Gasteiger partial charge on any atom is -0.480 e. The minimum atomic E-state index is -0.938. The van der Waals surface area contributed by atoms with Crippen molar-refractivity contribution in [2.24, 2.45) is 0 Å². The second kappa shape index (κ2) is 5.25. The Morgan fingerprint density at radius 3 is 2.64 bits per heavy atom. The molecule has 0 amide bonds. The van der Waals surface area contributed by atoms with E-state index in [1.54, 1.807) is 6.20 Å². The summed E-state index contributed by atoms with van der Waals surface area (Å²) in [4.78, 5) is 15.3. The van der Waals surface area contributed by atoms with E-state index in [0.717, 1.165) is 34.4 Å². The predicted molar refractivity (Wildman–Crippen MR) is 81.5 cm³/mol. The number of aromatic nitrogens is 5. The van der Waals surface area contributed by atoms with Crippen molar-refractivity contribution < 1.29 is 9.90 Å². The average Bonchev–Trinajstić information content (AvgIpc) is 3.00. The maximum absolute atomic E-state index is 11.0. The van der Waals surface area contributed by atoms with E-state index in [2.05, 4.69) is 15.2 Å². The van der Waals surface area contributed by atoms with Gasteiger partial charge in [-0.3, -0.25) is 9.48 Å². The Labute approximate surface area is 127 Å². The van der Waals surface area contributed by atoms with Crippen LogP contribution in [0.25, 0.3) is 22.2 Å². The summed E-state index contributed by atoms with van der Waals surface area (Å²) < 4.78 is 3.31. The molecule has 0 saturated heterocycles. The summed E-state index contributed by atoms with van der Waals surface area (Å²) in [6, 6.07) is 1.92. The van der Waals surface area contributed by atoms with E-state index >= 15 is 0 Å². The normalized spacial score (nSPS) is 11.2. The van der Waals surface area contributed by atoms with E-state index in [9.17, 15) is 4.79 Å². The predicted octanol–water partition coefficient (Wildman–Crippen LogP) is 2.02. The van der Waals surface area contributed by atoms with Crippen LogP contribution >= 0.6 is 0 Å². The van der Waals surface area contributed by atoms with Crippen LogP contribution in [0.5, 0.6) is 0 Å². The molecule has 0 bridgehead atoms. The van der Waals surface area contributed by atoms with Crippen molar-refractivity contribution in [2.45, 2.75) is 33.9 Å². The van der Waals surface area contributed by atoms with Crippen LogP contribution in [-0.2, 0) is 17.9 Å². The quantitative estimate of drug-likeness (QED) is 0.796. The molecule has 22 heavy (non-hydrogen) atoms. The van der Waals surface area contributed by atoms with Gasteiger partial charge >= 0.3 is 5.97 Å². The summed E-state index contributed by atoms with van der Waals surface area (Å²) in [7, 11) is 0. The van der Waals surface area contributed by atoms with E-state index in [-0.39, 0.29) is 6.54 Å². The van der Waals surface area contributed by atoms with Crippen LogP contribution < -0.4 is 0 Å². The van der Waals surface area contributed by atoms with Gasteiger partial charge in [-0.05, 0) is 32.4 Å². The molecule has 0 atom stereocenters. The number of aryl methyl sites for hydroxylation is 3. The highest BCUT2D eigenvalue weighted by molar-refractivity contribution is 5.95. The Bertz CT molecular complexity index is 862. The van der Waals surface area contributed by atoms with E-state index in [1.807, 2.05) is 37.7 Å². The number of carbonyl (C=O) groups is 1. The van der Waals surface area contributed by atoms with E-state index in [4.69, 9.17) is 5.11 Å².